The minimum atomic E-state index is -0.140. The molecule has 1 heterocycles. The average Bonchev–Trinajstić information content (AvgIpc) is 3.19. The highest BCUT2D eigenvalue weighted by molar-refractivity contribution is 8.00. The smallest absolute Gasteiger partial charge is 0.251 e. The highest BCUT2D eigenvalue weighted by Gasteiger charge is 2.32. The molecule has 1 aliphatic heterocycles. The van der Waals surface area contributed by atoms with Crippen LogP contribution in [0.25, 0.3) is 0 Å². The number of nitrogens with one attached hydrogen (secondary N) is 1. The molecule has 32 heavy (non-hydrogen) atoms. The highest BCUT2D eigenvalue weighted by atomic mass is 32.2. The van der Waals surface area contributed by atoms with E-state index >= 15 is 0 Å². The van der Waals surface area contributed by atoms with Crippen LogP contribution in [0, 0.1) is 0 Å². The highest BCUT2D eigenvalue weighted by Crippen LogP contribution is 2.39. The molecule has 1 saturated heterocycles. The summed E-state index contributed by atoms with van der Waals surface area (Å²) in [5.74, 6) is 1.25. The van der Waals surface area contributed by atoms with Gasteiger partial charge in [-0.25, -0.2) is 0 Å². The van der Waals surface area contributed by atoms with Crippen molar-refractivity contribution in [2.45, 2.75) is 25.4 Å². The van der Waals surface area contributed by atoms with Crippen molar-refractivity contribution >= 4 is 23.6 Å². The lowest BCUT2D eigenvalue weighted by Gasteiger charge is -2.24. The predicted molar refractivity (Wildman–Crippen MR) is 127 cm³/mol. The topological polar surface area (TPSA) is 58.6 Å². The van der Waals surface area contributed by atoms with Crippen molar-refractivity contribution in [3.05, 3.63) is 101 Å². The summed E-state index contributed by atoms with van der Waals surface area (Å²) >= 11 is 1.62. The lowest BCUT2D eigenvalue weighted by Crippen LogP contribution is -2.27. The van der Waals surface area contributed by atoms with Crippen LogP contribution < -0.4 is 10.1 Å². The van der Waals surface area contributed by atoms with Gasteiger partial charge in [-0.2, -0.15) is 0 Å². The zero-order valence-electron chi connectivity index (χ0n) is 18.0. The second-order valence-corrected chi connectivity index (χ2v) is 8.58. The number of carbonyl (C=O) groups excluding carboxylic acids is 2. The molecule has 1 N–H and O–H groups in total. The van der Waals surface area contributed by atoms with Crippen LogP contribution >= 0.6 is 11.8 Å². The van der Waals surface area contributed by atoms with Gasteiger partial charge in [-0.05, 0) is 36.2 Å². The first-order valence-corrected chi connectivity index (χ1v) is 11.7. The van der Waals surface area contributed by atoms with Crippen LogP contribution in [0.3, 0.4) is 0 Å². The van der Waals surface area contributed by atoms with Gasteiger partial charge in [-0.15, -0.1) is 11.8 Å². The van der Waals surface area contributed by atoms with Crippen LogP contribution in [-0.4, -0.2) is 29.1 Å². The van der Waals surface area contributed by atoms with Gasteiger partial charge in [0, 0.05) is 24.2 Å². The maximum atomic E-state index is 12.7. The van der Waals surface area contributed by atoms with Crippen molar-refractivity contribution in [2.75, 3.05) is 12.4 Å². The maximum absolute atomic E-state index is 12.7. The summed E-state index contributed by atoms with van der Waals surface area (Å²) in [5.41, 5.74) is 3.66. The normalized spacial score (nSPS) is 15.6. The van der Waals surface area contributed by atoms with Crippen LogP contribution in [0.5, 0.6) is 5.75 Å². The SMILES string of the molecule is CCOc1ccccc1CNC(=O)c1ccc([C@H]2SCC(=O)N2Cc2ccccc2)cc1. The third kappa shape index (κ3) is 5.14. The summed E-state index contributed by atoms with van der Waals surface area (Å²) in [7, 11) is 0. The van der Waals surface area contributed by atoms with Crippen LogP contribution in [0.15, 0.2) is 78.9 Å². The number of benzene rings is 3. The van der Waals surface area contributed by atoms with Gasteiger partial charge in [-0.3, -0.25) is 9.59 Å². The van der Waals surface area contributed by atoms with E-state index < -0.39 is 0 Å². The monoisotopic (exact) mass is 446 g/mol. The molecule has 1 atom stereocenters. The predicted octanol–water partition coefficient (Wildman–Crippen LogP) is 4.79. The number of carbonyl (C=O) groups is 2. The Bertz CT molecular complexity index is 1070. The van der Waals surface area contributed by atoms with Crippen LogP contribution in [0.2, 0.25) is 0 Å². The number of hydrogen-bond acceptors (Lipinski definition) is 4. The molecule has 0 spiro atoms. The molecule has 0 aromatic heterocycles. The van der Waals surface area contributed by atoms with E-state index in [1.54, 1.807) is 11.8 Å². The lowest BCUT2D eigenvalue weighted by molar-refractivity contribution is -0.128. The van der Waals surface area contributed by atoms with Gasteiger partial charge >= 0.3 is 0 Å². The number of rotatable bonds is 8. The van der Waals surface area contributed by atoms with Crippen LogP contribution in [0.1, 0.15) is 39.3 Å². The third-order valence-corrected chi connectivity index (χ3v) is 6.59. The van der Waals surface area contributed by atoms with Gasteiger partial charge in [0.1, 0.15) is 11.1 Å². The molecule has 1 fully saturated rings. The number of hydrogen-bond donors (Lipinski definition) is 1. The van der Waals surface area contributed by atoms with Crippen molar-refractivity contribution in [1.29, 1.82) is 0 Å². The summed E-state index contributed by atoms with van der Waals surface area (Å²) in [4.78, 5) is 27.0. The molecule has 2 amide bonds. The Morgan fingerprint density at radius 1 is 1.03 bits per heavy atom. The fraction of sp³-hybridized carbons (Fsp3) is 0.231. The summed E-state index contributed by atoms with van der Waals surface area (Å²) in [6, 6.07) is 25.2. The summed E-state index contributed by atoms with van der Waals surface area (Å²) in [6.07, 6.45) is 0. The van der Waals surface area contributed by atoms with E-state index in [4.69, 9.17) is 4.74 Å². The molecular weight excluding hydrogens is 420 g/mol. The van der Waals surface area contributed by atoms with E-state index in [9.17, 15) is 9.59 Å². The molecule has 0 radical (unpaired) electrons. The van der Waals surface area contributed by atoms with Gasteiger partial charge in [0.15, 0.2) is 0 Å². The van der Waals surface area contributed by atoms with Crippen molar-refractivity contribution in [2.24, 2.45) is 0 Å². The van der Waals surface area contributed by atoms with Gasteiger partial charge in [-0.1, -0.05) is 60.7 Å². The summed E-state index contributed by atoms with van der Waals surface area (Å²) in [6.45, 7) is 3.50. The quantitative estimate of drug-likeness (QED) is 0.541. The largest absolute Gasteiger partial charge is 0.494 e. The lowest BCUT2D eigenvalue weighted by atomic mass is 10.1. The zero-order chi connectivity index (χ0) is 22.3. The molecule has 0 aliphatic carbocycles. The Kier molecular flexibility index (Phi) is 7.12. The molecule has 5 nitrogen and oxygen atoms in total. The molecule has 4 rings (SSSR count). The Hall–Kier alpha value is -3.25. The summed E-state index contributed by atoms with van der Waals surface area (Å²) < 4.78 is 5.62. The molecule has 0 bridgehead atoms. The van der Waals surface area contributed by atoms with E-state index in [1.165, 1.54) is 0 Å². The minimum absolute atomic E-state index is 0.0436. The molecule has 6 heteroatoms. The van der Waals surface area contributed by atoms with Gasteiger partial charge in [0.2, 0.25) is 5.91 Å². The molecule has 3 aromatic rings. The first kappa shape index (κ1) is 22.0. The third-order valence-electron chi connectivity index (χ3n) is 5.33. The molecule has 0 saturated carbocycles. The number of thioether (sulfide) groups is 1. The number of amides is 2. The second-order valence-electron chi connectivity index (χ2n) is 7.52. The Balaban J connectivity index is 1.41. The average molecular weight is 447 g/mol. The molecule has 3 aromatic carbocycles. The fourth-order valence-corrected chi connectivity index (χ4v) is 4.89. The zero-order valence-corrected chi connectivity index (χ0v) is 18.8. The van der Waals surface area contributed by atoms with Gasteiger partial charge in [0.05, 0.1) is 12.4 Å². The van der Waals surface area contributed by atoms with E-state index in [-0.39, 0.29) is 17.2 Å². The van der Waals surface area contributed by atoms with E-state index in [0.717, 1.165) is 22.4 Å². The Labute approximate surface area is 192 Å². The first-order valence-electron chi connectivity index (χ1n) is 10.7. The maximum Gasteiger partial charge on any atom is 0.251 e. The minimum Gasteiger partial charge on any atom is -0.494 e. The molecular formula is C26H26N2O3S. The van der Waals surface area contributed by atoms with E-state index in [1.807, 2.05) is 90.7 Å². The second kappa shape index (κ2) is 10.4. The van der Waals surface area contributed by atoms with Crippen molar-refractivity contribution < 1.29 is 14.3 Å². The number of ether oxygens (including phenoxy) is 1. The fourth-order valence-electron chi connectivity index (χ4n) is 3.70. The molecule has 1 aliphatic rings. The van der Waals surface area contributed by atoms with Crippen molar-refractivity contribution in [3.8, 4) is 5.75 Å². The number of nitrogens with zero attached hydrogens (tertiary/aromatic N) is 1. The molecule has 0 unspecified atom stereocenters. The first-order chi connectivity index (χ1) is 15.7. The number of para-hydroxylation sites is 1. The van der Waals surface area contributed by atoms with Crippen molar-refractivity contribution in [3.63, 3.8) is 0 Å². The molecule has 164 valence electrons. The van der Waals surface area contributed by atoms with E-state index in [0.29, 0.717) is 31.0 Å². The summed E-state index contributed by atoms with van der Waals surface area (Å²) in [5, 5.41) is 2.92. The van der Waals surface area contributed by atoms with Gasteiger partial charge < -0.3 is 15.0 Å². The Morgan fingerprint density at radius 2 is 1.75 bits per heavy atom. The van der Waals surface area contributed by atoms with Crippen molar-refractivity contribution in [1.82, 2.24) is 10.2 Å². The van der Waals surface area contributed by atoms with Gasteiger partial charge in [0.25, 0.3) is 5.91 Å². The Morgan fingerprint density at radius 3 is 2.50 bits per heavy atom. The standard InChI is InChI=1S/C26H26N2O3S/c1-2-31-23-11-7-6-10-22(23)16-27-25(30)20-12-14-21(15-13-20)26-28(24(29)18-32-26)17-19-8-4-3-5-9-19/h3-15,26H,2,16-18H2,1H3,(H,27,30)/t26-/m1/s1. The van der Waals surface area contributed by atoms with E-state index in [2.05, 4.69) is 5.32 Å². The van der Waals surface area contributed by atoms with Crippen LogP contribution in [-0.2, 0) is 17.9 Å². The van der Waals surface area contributed by atoms with Crippen LogP contribution in [0.4, 0.5) is 0 Å².